The Balaban J connectivity index is 2.16. The van der Waals surface area contributed by atoms with Gasteiger partial charge in [-0.05, 0) is 26.7 Å². The molecule has 3 rings (SSSR count). The minimum absolute atomic E-state index is 0.0288. The van der Waals surface area contributed by atoms with Gasteiger partial charge >= 0.3 is 5.97 Å². The molecular formula is C10H14O4. The first-order valence-corrected chi connectivity index (χ1v) is 5.06. The van der Waals surface area contributed by atoms with Gasteiger partial charge in [0.15, 0.2) is 0 Å². The lowest BCUT2D eigenvalue weighted by molar-refractivity contribution is -0.169. The highest BCUT2D eigenvalue weighted by atomic mass is 16.7. The lowest BCUT2D eigenvalue weighted by Gasteiger charge is -2.37. The van der Waals surface area contributed by atoms with Crippen LogP contribution < -0.4 is 0 Å². The van der Waals surface area contributed by atoms with Crippen molar-refractivity contribution in [1.29, 1.82) is 0 Å². The zero-order valence-electron chi connectivity index (χ0n) is 8.32. The van der Waals surface area contributed by atoms with Crippen LogP contribution in [0.3, 0.4) is 0 Å². The molecule has 0 spiro atoms. The minimum Gasteiger partial charge on any atom is -0.435 e. The topological polar surface area (TPSA) is 55.8 Å². The van der Waals surface area contributed by atoms with Crippen molar-refractivity contribution in [3.8, 4) is 0 Å². The summed E-state index contributed by atoms with van der Waals surface area (Å²) in [4.78, 5) is 11.7. The highest BCUT2D eigenvalue weighted by Crippen LogP contribution is 2.64. The summed E-state index contributed by atoms with van der Waals surface area (Å²) in [6.45, 7) is 3.75. The van der Waals surface area contributed by atoms with Gasteiger partial charge in [0.25, 0.3) is 0 Å². The molecule has 3 fully saturated rings. The summed E-state index contributed by atoms with van der Waals surface area (Å²) < 4.78 is 10.7. The maximum absolute atomic E-state index is 11.7. The maximum atomic E-state index is 11.7. The molecule has 0 saturated carbocycles. The Morgan fingerprint density at radius 2 is 2.00 bits per heavy atom. The van der Waals surface area contributed by atoms with Crippen molar-refractivity contribution in [3.05, 3.63) is 0 Å². The molecule has 4 nitrogen and oxygen atoms in total. The fourth-order valence-electron chi connectivity index (χ4n) is 3.30. The van der Waals surface area contributed by atoms with Gasteiger partial charge in [0.2, 0.25) is 6.29 Å². The Kier molecular flexibility index (Phi) is 1.33. The van der Waals surface area contributed by atoms with Gasteiger partial charge in [-0.3, -0.25) is 4.79 Å². The van der Waals surface area contributed by atoms with E-state index >= 15 is 0 Å². The average Bonchev–Trinajstić information content (AvgIpc) is 2.73. The van der Waals surface area contributed by atoms with E-state index in [2.05, 4.69) is 0 Å². The molecule has 0 radical (unpaired) electrons. The second kappa shape index (κ2) is 2.14. The average molecular weight is 198 g/mol. The van der Waals surface area contributed by atoms with Gasteiger partial charge in [-0.1, -0.05) is 0 Å². The van der Waals surface area contributed by atoms with Crippen molar-refractivity contribution in [2.45, 2.75) is 45.2 Å². The lowest BCUT2D eigenvalue weighted by Crippen LogP contribution is -2.50. The molecule has 0 aromatic rings. The van der Waals surface area contributed by atoms with Gasteiger partial charge in [0, 0.05) is 0 Å². The van der Waals surface area contributed by atoms with Crippen LogP contribution in [0.4, 0.5) is 0 Å². The summed E-state index contributed by atoms with van der Waals surface area (Å²) in [7, 11) is 0. The summed E-state index contributed by atoms with van der Waals surface area (Å²) in [5.74, 6) is -0.306. The third kappa shape index (κ3) is 0.597. The maximum Gasteiger partial charge on any atom is 0.317 e. The van der Waals surface area contributed by atoms with Crippen LogP contribution in [0.25, 0.3) is 0 Å². The Morgan fingerprint density at radius 1 is 1.36 bits per heavy atom. The predicted octanol–water partition coefficient (Wildman–Crippen LogP) is 0.435. The molecule has 1 unspecified atom stereocenters. The van der Waals surface area contributed by atoms with E-state index in [4.69, 9.17) is 9.47 Å². The summed E-state index contributed by atoms with van der Waals surface area (Å²) in [5, 5.41) is 9.79. The number of aliphatic hydroxyl groups is 1. The molecule has 3 aliphatic rings. The number of rotatable bonds is 0. The molecule has 0 amide bonds. The first-order valence-electron chi connectivity index (χ1n) is 5.06. The smallest absolute Gasteiger partial charge is 0.317 e. The molecule has 0 aromatic heterocycles. The van der Waals surface area contributed by atoms with E-state index < -0.39 is 17.1 Å². The van der Waals surface area contributed by atoms with E-state index in [9.17, 15) is 9.90 Å². The van der Waals surface area contributed by atoms with Gasteiger partial charge < -0.3 is 14.6 Å². The van der Waals surface area contributed by atoms with E-state index in [0.29, 0.717) is 0 Å². The molecule has 0 aromatic carbocycles. The van der Waals surface area contributed by atoms with E-state index in [0.717, 1.165) is 12.8 Å². The molecule has 0 aliphatic carbocycles. The molecule has 3 aliphatic heterocycles. The monoisotopic (exact) mass is 198 g/mol. The Labute approximate surface area is 82.2 Å². The van der Waals surface area contributed by atoms with Gasteiger partial charge in [0.05, 0.1) is 17.6 Å². The zero-order valence-corrected chi connectivity index (χ0v) is 8.32. The number of hydrogen-bond donors (Lipinski definition) is 1. The molecule has 1 N–H and O–H groups in total. The van der Waals surface area contributed by atoms with E-state index in [1.54, 1.807) is 0 Å². The normalized spacial score (nSPS) is 60.2. The number of carbonyl (C=O) groups is 1. The number of carbonyl (C=O) groups excluding carboxylic acids is 1. The molecule has 78 valence electrons. The third-order valence-corrected chi connectivity index (χ3v) is 4.61. The van der Waals surface area contributed by atoms with E-state index in [1.165, 1.54) is 0 Å². The highest BCUT2D eigenvalue weighted by Gasteiger charge is 2.76. The standard InChI is InChI=1S/C10H14O4/c1-9-5-3-4-6(13-5)10(9,2)8(12)14-7(9)11/h5-7,11H,3-4H2,1-2H3/t5-,6+,7?,9+,10-/m0/s1. The van der Waals surface area contributed by atoms with Gasteiger partial charge in [-0.15, -0.1) is 0 Å². The third-order valence-electron chi connectivity index (χ3n) is 4.61. The van der Waals surface area contributed by atoms with Gasteiger partial charge in [0.1, 0.15) is 5.41 Å². The SMILES string of the molecule is C[C@@]12C(O)OC(=O)[C@]1(C)[C@H]1CC[C@@H]2O1. The number of esters is 1. The van der Waals surface area contributed by atoms with Crippen LogP contribution in [0, 0.1) is 10.8 Å². The first kappa shape index (κ1) is 8.68. The predicted molar refractivity (Wildman–Crippen MR) is 46.2 cm³/mol. The van der Waals surface area contributed by atoms with Crippen molar-refractivity contribution in [3.63, 3.8) is 0 Å². The van der Waals surface area contributed by atoms with Crippen LogP contribution in [-0.4, -0.2) is 29.6 Å². The van der Waals surface area contributed by atoms with Crippen LogP contribution in [0.2, 0.25) is 0 Å². The Morgan fingerprint density at radius 3 is 2.64 bits per heavy atom. The summed E-state index contributed by atoms with van der Waals surface area (Å²) in [5.41, 5.74) is -1.19. The number of fused-ring (bicyclic) bond motifs is 5. The molecule has 2 bridgehead atoms. The van der Waals surface area contributed by atoms with Crippen LogP contribution >= 0.6 is 0 Å². The fraction of sp³-hybridized carbons (Fsp3) is 0.900. The Bertz CT molecular complexity index is 315. The highest BCUT2D eigenvalue weighted by molar-refractivity contribution is 5.82. The summed E-state index contributed by atoms with van der Waals surface area (Å²) >= 11 is 0. The van der Waals surface area contributed by atoms with Crippen LogP contribution in [-0.2, 0) is 14.3 Å². The number of aliphatic hydroxyl groups excluding tert-OH is 1. The van der Waals surface area contributed by atoms with Crippen LogP contribution in [0.15, 0.2) is 0 Å². The number of ether oxygens (including phenoxy) is 2. The molecule has 3 heterocycles. The lowest BCUT2D eigenvalue weighted by atomic mass is 9.59. The molecule has 3 saturated heterocycles. The largest absolute Gasteiger partial charge is 0.435 e. The Hall–Kier alpha value is -0.610. The van der Waals surface area contributed by atoms with Crippen molar-refractivity contribution in [1.82, 2.24) is 0 Å². The van der Waals surface area contributed by atoms with Crippen molar-refractivity contribution < 1.29 is 19.4 Å². The quantitative estimate of drug-likeness (QED) is 0.574. The van der Waals surface area contributed by atoms with E-state index in [-0.39, 0.29) is 18.2 Å². The molecule has 5 atom stereocenters. The number of cyclic esters (lactones) is 1. The van der Waals surface area contributed by atoms with E-state index in [1.807, 2.05) is 13.8 Å². The number of hydrogen-bond acceptors (Lipinski definition) is 4. The van der Waals surface area contributed by atoms with Gasteiger partial charge in [-0.25, -0.2) is 0 Å². The van der Waals surface area contributed by atoms with Crippen LogP contribution in [0.1, 0.15) is 26.7 Å². The fourth-order valence-corrected chi connectivity index (χ4v) is 3.30. The van der Waals surface area contributed by atoms with Crippen molar-refractivity contribution in [2.24, 2.45) is 10.8 Å². The van der Waals surface area contributed by atoms with Gasteiger partial charge in [-0.2, -0.15) is 0 Å². The summed E-state index contributed by atoms with van der Waals surface area (Å²) in [6.07, 6.45) is 0.722. The second-order valence-corrected chi connectivity index (χ2v) is 4.93. The summed E-state index contributed by atoms with van der Waals surface area (Å²) in [6, 6.07) is 0. The molecular weight excluding hydrogens is 184 g/mol. The van der Waals surface area contributed by atoms with Crippen molar-refractivity contribution in [2.75, 3.05) is 0 Å². The minimum atomic E-state index is -1.00. The molecule has 14 heavy (non-hydrogen) atoms. The van der Waals surface area contributed by atoms with Crippen molar-refractivity contribution >= 4 is 5.97 Å². The molecule has 4 heteroatoms. The van der Waals surface area contributed by atoms with Crippen LogP contribution in [0.5, 0.6) is 0 Å². The first-order chi connectivity index (χ1) is 6.51. The second-order valence-electron chi connectivity index (χ2n) is 4.93. The zero-order chi connectivity index (χ0) is 10.1.